The summed E-state index contributed by atoms with van der Waals surface area (Å²) in [5, 5.41) is 3.47. The highest BCUT2D eigenvalue weighted by Crippen LogP contribution is 2.17. The molecule has 3 heteroatoms. The third-order valence-corrected chi connectivity index (χ3v) is 3.01. The van der Waals surface area contributed by atoms with Crippen LogP contribution in [0.1, 0.15) is 16.7 Å². The molecule has 1 N–H and O–H groups in total. The van der Waals surface area contributed by atoms with Crippen LogP contribution in [0.4, 0.5) is 5.69 Å². The summed E-state index contributed by atoms with van der Waals surface area (Å²) in [6.45, 7) is 3.59. The fraction of sp³-hybridized carbons (Fsp3) is 0.312. The van der Waals surface area contributed by atoms with E-state index in [9.17, 15) is 0 Å². The van der Waals surface area contributed by atoms with Gasteiger partial charge < -0.3 is 10.1 Å². The fourth-order valence-corrected chi connectivity index (χ4v) is 2.03. The number of aromatic nitrogens is 1. The van der Waals surface area contributed by atoms with Crippen LogP contribution in [0.25, 0.3) is 0 Å². The van der Waals surface area contributed by atoms with Crippen molar-refractivity contribution in [1.29, 1.82) is 0 Å². The Morgan fingerprint density at radius 1 is 1.21 bits per heavy atom. The highest BCUT2D eigenvalue weighted by Gasteiger charge is 2.01. The van der Waals surface area contributed by atoms with Crippen LogP contribution in [0.3, 0.4) is 0 Å². The molecule has 0 bridgehead atoms. The zero-order valence-electron chi connectivity index (χ0n) is 11.5. The van der Waals surface area contributed by atoms with Gasteiger partial charge in [-0.1, -0.05) is 24.3 Å². The van der Waals surface area contributed by atoms with Crippen molar-refractivity contribution in [2.45, 2.75) is 19.9 Å². The van der Waals surface area contributed by atoms with Gasteiger partial charge in [0.25, 0.3) is 0 Å². The standard InChI is InChI=1S/C16H20N2O/c1-13-9-14(11-17-10-13)12-18-16-6-4-3-5-15(16)7-8-19-2/h3-6,9-11,18H,7-8,12H2,1-2H3. The fourth-order valence-electron chi connectivity index (χ4n) is 2.03. The molecule has 1 aromatic heterocycles. The lowest BCUT2D eigenvalue weighted by Crippen LogP contribution is -2.04. The number of ether oxygens (including phenoxy) is 1. The predicted molar refractivity (Wildman–Crippen MR) is 78.3 cm³/mol. The molecule has 0 fully saturated rings. The first kappa shape index (κ1) is 13.6. The lowest BCUT2D eigenvalue weighted by atomic mass is 10.1. The minimum atomic E-state index is 0.741. The number of nitrogens with one attached hydrogen (secondary N) is 1. The van der Waals surface area contributed by atoms with Crippen molar-refractivity contribution in [1.82, 2.24) is 4.98 Å². The average Bonchev–Trinajstić information content (AvgIpc) is 2.44. The third-order valence-electron chi connectivity index (χ3n) is 3.01. The van der Waals surface area contributed by atoms with Gasteiger partial charge in [-0.2, -0.15) is 0 Å². The van der Waals surface area contributed by atoms with Crippen molar-refractivity contribution in [3.8, 4) is 0 Å². The Morgan fingerprint density at radius 3 is 2.84 bits per heavy atom. The molecular formula is C16H20N2O. The Hall–Kier alpha value is -1.87. The molecular weight excluding hydrogens is 236 g/mol. The van der Waals surface area contributed by atoms with Gasteiger partial charge in [0.15, 0.2) is 0 Å². The predicted octanol–water partition coefficient (Wildman–Crippen LogP) is 3.19. The summed E-state index contributed by atoms with van der Waals surface area (Å²) in [5.74, 6) is 0. The van der Waals surface area contributed by atoms with Crippen LogP contribution >= 0.6 is 0 Å². The zero-order chi connectivity index (χ0) is 13.5. The highest BCUT2D eigenvalue weighted by atomic mass is 16.5. The monoisotopic (exact) mass is 256 g/mol. The maximum absolute atomic E-state index is 5.14. The number of aryl methyl sites for hydroxylation is 1. The van der Waals surface area contributed by atoms with Crippen LogP contribution in [0.5, 0.6) is 0 Å². The van der Waals surface area contributed by atoms with Gasteiger partial charge in [0.2, 0.25) is 0 Å². The van der Waals surface area contributed by atoms with E-state index < -0.39 is 0 Å². The molecule has 0 aliphatic heterocycles. The lowest BCUT2D eigenvalue weighted by molar-refractivity contribution is 0.202. The average molecular weight is 256 g/mol. The number of anilines is 1. The zero-order valence-corrected chi connectivity index (χ0v) is 11.5. The second-order valence-corrected chi connectivity index (χ2v) is 4.62. The molecule has 0 aliphatic carbocycles. The number of rotatable bonds is 6. The van der Waals surface area contributed by atoms with Crippen molar-refractivity contribution in [3.05, 3.63) is 59.4 Å². The first-order valence-electron chi connectivity index (χ1n) is 6.51. The van der Waals surface area contributed by atoms with E-state index in [1.54, 1.807) is 7.11 Å². The summed E-state index contributed by atoms with van der Waals surface area (Å²) < 4.78 is 5.14. The van der Waals surface area contributed by atoms with Gasteiger partial charge in [-0.15, -0.1) is 0 Å². The summed E-state index contributed by atoms with van der Waals surface area (Å²) in [6, 6.07) is 10.5. The Kier molecular flexibility index (Phi) is 4.93. The quantitative estimate of drug-likeness (QED) is 0.862. The number of methoxy groups -OCH3 is 1. The number of nitrogens with zero attached hydrogens (tertiary/aromatic N) is 1. The molecule has 0 saturated heterocycles. The van der Waals surface area contributed by atoms with Gasteiger partial charge in [0.05, 0.1) is 6.61 Å². The molecule has 2 rings (SSSR count). The molecule has 0 spiro atoms. The Morgan fingerprint density at radius 2 is 2.05 bits per heavy atom. The summed E-state index contributed by atoms with van der Waals surface area (Å²) in [5.41, 5.74) is 4.83. The summed E-state index contributed by atoms with van der Waals surface area (Å²) >= 11 is 0. The second-order valence-electron chi connectivity index (χ2n) is 4.62. The largest absolute Gasteiger partial charge is 0.384 e. The highest BCUT2D eigenvalue weighted by molar-refractivity contribution is 5.51. The van der Waals surface area contributed by atoms with Gasteiger partial charge in [-0.25, -0.2) is 0 Å². The molecule has 0 atom stereocenters. The second kappa shape index (κ2) is 6.90. The van der Waals surface area contributed by atoms with Crippen LogP contribution in [0, 0.1) is 6.92 Å². The van der Waals surface area contributed by atoms with Crippen molar-refractivity contribution in [2.24, 2.45) is 0 Å². The third kappa shape index (κ3) is 4.07. The van der Waals surface area contributed by atoms with Crippen LogP contribution in [-0.4, -0.2) is 18.7 Å². The molecule has 1 heterocycles. The minimum Gasteiger partial charge on any atom is -0.384 e. The molecule has 3 nitrogen and oxygen atoms in total. The SMILES string of the molecule is COCCc1ccccc1NCc1cncc(C)c1. The molecule has 100 valence electrons. The topological polar surface area (TPSA) is 34.1 Å². The van der Waals surface area contributed by atoms with Crippen molar-refractivity contribution in [3.63, 3.8) is 0 Å². The molecule has 0 aliphatic rings. The molecule has 19 heavy (non-hydrogen) atoms. The van der Waals surface area contributed by atoms with E-state index in [2.05, 4.69) is 41.5 Å². The molecule has 0 unspecified atom stereocenters. The molecule has 0 saturated carbocycles. The van der Waals surface area contributed by atoms with Crippen molar-refractivity contribution in [2.75, 3.05) is 19.0 Å². The number of hydrogen-bond acceptors (Lipinski definition) is 3. The Bertz CT molecular complexity index is 526. The van der Waals surface area contributed by atoms with Gasteiger partial charge in [0, 0.05) is 31.7 Å². The maximum atomic E-state index is 5.14. The molecule has 0 radical (unpaired) electrons. The van der Waals surface area contributed by atoms with E-state index in [1.807, 2.05) is 18.5 Å². The molecule has 2 aromatic rings. The van der Waals surface area contributed by atoms with Gasteiger partial charge in [-0.3, -0.25) is 4.98 Å². The van der Waals surface area contributed by atoms with E-state index in [1.165, 1.54) is 22.4 Å². The van der Waals surface area contributed by atoms with Crippen molar-refractivity contribution < 1.29 is 4.74 Å². The van der Waals surface area contributed by atoms with E-state index in [0.717, 1.165) is 19.6 Å². The Labute approximate surface area is 114 Å². The van der Waals surface area contributed by atoms with Crippen LogP contribution in [-0.2, 0) is 17.7 Å². The summed E-state index contributed by atoms with van der Waals surface area (Å²) in [4.78, 5) is 4.21. The van der Waals surface area contributed by atoms with Crippen LogP contribution < -0.4 is 5.32 Å². The van der Waals surface area contributed by atoms with Gasteiger partial charge in [-0.05, 0) is 36.1 Å². The van der Waals surface area contributed by atoms with Crippen LogP contribution in [0.2, 0.25) is 0 Å². The summed E-state index contributed by atoms with van der Waals surface area (Å²) in [7, 11) is 1.73. The lowest BCUT2D eigenvalue weighted by Gasteiger charge is -2.12. The first-order valence-corrected chi connectivity index (χ1v) is 6.51. The van der Waals surface area contributed by atoms with Gasteiger partial charge in [0.1, 0.15) is 0 Å². The van der Waals surface area contributed by atoms with E-state index in [-0.39, 0.29) is 0 Å². The Balaban J connectivity index is 2.02. The maximum Gasteiger partial charge on any atom is 0.0503 e. The number of pyridine rings is 1. The van der Waals surface area contributed by atoms with Gasteiger partial charge >= 0.3 is 0 Å². The number of para-hydroxylation sites is 1. The van der Waals surface area contributed by atoms with E-state index in [0.29, 0.717) is 0 Å². The minimum absolute atomic E-state index is 0.741. The smallest absolute Gasteiger partial charge is 0.0503 e. The molecule has 1 aromatic carbocycles. The number of hydrogen-bond donors (Lipinski definition) is 1. The van der Waals surface area contributed by atoms with E-state index >= 15 is 0 Å². The normalized spacial score (nSPS) is 10.4. The van der Waals surface area contributed by atoms with E-state index in [4.69, 9.17) is 4.74 Å². The van der Waals surface area contributed by atoms with Crippen LogP contribution in [0.15, 0.2) is 42.7 Å². The van der Waals surface area contributed by atoms with Crippen molar-refractivity contribution >= 4 is 5.69 Å². The number of benzene rings is 1. The molecule has 0 amide bonds. The first-order chi connectivity index (χ1) is 9.29. The summed E-state index contributed by atoms with van der Waals surface area (Å²) in [6.07, 6.45) is 4.69.